The van der Waals surface area contributed by atoms with Crippen LogP contribution in [0.5, 0.6) is 5.75 Å². The van der Waals surface area contributed by atoms with Crippen molar-refractivity contribution in [2.24, 2.45) is 0 Å². The highest BCUT2D eigenvalue weighted by atomic mass is 32.2. The van der Waals surface area contributed by atoms with Crippen molar-refractivity contribution in [2.45, 2.75) is 10.9 Å². The van der Waals surface area contributed by atoms with Crippen LogP contribution in [0.2, 0.25) is 0 Å². The number of H-pyrrole nitrogens is 1. The van der Waals surface area contributed by atoms with Gasteiger partial charge in [0.1, 0.15) is 5.75 Å². The van der Waals surface area contributed by atoms with Crippen LogP contribution < -0.4 is 10.1 Å². The monoisotopic (exact) mass is 395 g/mol. The van der Waals surface area contributed by atoms with Gasteiger partial charge in [-0.3, -0.25) is 5.10 Å². The van der Waals surface area contributed by atoms with Crippen LogP contribution in [0.4, 0.5) is 10.8 Å². The summed E-state index contributed by atoms with van der Waals surface area (Å²) in [6.07, 6.45) is 0. The minimum Gasteiger partial charge on any atom is -0.497 e. The van der Waals surface area contributed by atoms with E-state index in [4.69, 9.17) is 4.74 Å². The summed E-state index contributed by atoms with van der Waals surface area (Å²) in [6.45, 7) is 0. The van der Waals surface area contributed by atoms with Crippen LogP contribution in [-0.4, -0.2) is 27.3 Å². The summed E-state index contributed by atoms with van der Waals surface area (Å²) < 4.78 is 5.17. The average molecular weight is 396 g/mol. The zero-order valence-corrected chi connectivity index (χ0v) is 16.2. The maximum Gasteiger partial charge on any atom is 0.209 e. The third-order valence-corrected chi connectivity index (χ3v) is 5.44. The van der Waals surface area contributed by atoms with Gasteiger partial charge in [0.25, 0.3) is 0 Å². The van der Waals surface area contributed by atoms with Crippen molar-refractivity contribution in [3.05, 3.63) is 65.7 Å². The first-order valence-electron chi connectivity index (χ1n) is 8.26. The first-order chi connectivity index (χ1) is 13.3. The molecule has 8 heteroatoms. The maximum absolute atomic E-state index is 5.17. The van der Waals surface area contributed by atoms with E-state index < -0.39 is 0 Å². The van der Waals surface area contributed by atoms with Crippen molar-refractivity contribution < 1.29 is 4.74 Å². The Labute approximate surface area is 165 Å². The lowest BCUT2D eigenvalue weighted by Crippen LogP contribution is -1.91. The molecule has 2 aromatic heterocycles. The van der Waals surface area contributed by atoms with E-state index >= 15 is 0 Å². The number of ether oxygens (including phenoxy) is 1. The molecule has 0 aliphatic rings. The highest BCUT2D eigenvalue weighted by molar-refractivity contribution is 7.98. The van der Waals surface area contributed by atoms with E-state index in [9.17, 15) is 0 Å². The summed E-state index contributed by atoms with van der Waals surface area (Å²) >= 11 is 3.14. The standard InChI is InChI=1S/C19H17N5OS2/c1-25-16-9-7-14(8-10-16)20-18-21-15(11-26-18)12-27-19-22-17(23-24-19)13-5-3-2-4-6-13/h2-11H,12H2,1H3,(H,20,21)(H,22,23,24). The highest BCUT2D eigenvalue weighted by Crippen LogP contribution is 2.26. The molecule has 0 aliphatic heterocycles. The quantitative estimate of drug-likeness (QED) is 0.430. The lowest BCUT2D eigenvalue weighted by atomic mass is 10.2. The molecule has 0 amide bonds. The van der Waals surface area contributed by atoms with E-state index in [1.54, 1.807) is 30.2 Å². The molecule has 0 spiro atoms. The Hall–Kier alpha value is -2.84. The van der Waals surface area contributed by atoms with E-state index in [-0.39, 0.29) is 0 Å². The summed E-state index contributed by atoms with van der Waals surface area (Å²) in [5.41, 5.74) is 2.99. The molecule has 4 rings (SSSR count). The van der Waals surface area contributed by atoms with Crippen molar-refractivity contribution >= 4 is 33.9 Å². The lowest BCUT2D eigenvalue weighted by molar-refractivity contribution is 0.415. The molecule has 6 nitrogen and oxygen atoms in total. The van der Waals surface area contributed by atoms with E-state index in [2.05, 4.69) is 25.5 Å². The molecule has 0 aliphatic carbocycles. The molecule has 0 radical (unpaired) electrons. The van der Waals surface area contributed by atoms with Gasteiger partial charge < -0.3 is 10.1 Å². The van der Waals surface area contributed by atoms with Crippen molar-refractivity contribution in [2.75, 3.05) is 12.4 Å². The molecule has 4 aromatic rings. The number of nitrogens with zero attached hydrogens (tertiary/aromatic N) is 3. The van der Waals surface area contributed by atoms with Gasteiger partial charge in [-0.1, -0.05) is 42.1 Å². The van der Waals surface area contributed by atoms with Gasteiger partial charge in [-0.05, 0) is 24.3 Å². The van der Waals surface area contributed by atoms with Gasteiger partial charge in [0.2, 0.25) is 5.16 Å². The number of anilines is 2. The van der Waals surface area contributed by atoms with Crippen molar-refractivity contribution in [1.82, 2.24) is 20.2 Å². The molecular formula is C19H17N5OS2. The molecule has 0 atom stereocenters. The number of thiazole rings is 1. The number of nitrogens with one attached hydrogen (secondary N) is 2. The molecule has 2 N–H and O–H groups in total. The lowest BCUT2D eigenvalue weighted by Gasteiger charge is -2.03. The van der Waals surface area contributed by atoms with Crippen LogP contribution in [0.3, 0.4) is 0 Å². The molecule has 2 heterocycles. The summed E-state index contributed by atoms with van der Waals surface area (Å²) in [4.78, 5) is 9.15. The van der Waals surface area contributed by atoms with Gasteiger partial charge in [-0.25, -0.2) is 9.97 Å². The Morgan fingerprint density at radius 2 is 1.89 bits per heavy atom. The fraction of sp³-hybridized carbons (Fsp3) is 0.105. The first-order valence-corrected chi connectivity index (χ1v) is 10.1. The maximum atomic E-state index is 5.17. The second-order valence-electron chi connectivity index (χ2n) is 5.62. The number of benzene rings is 2. The van der Waals surface area contributed by atoms with E-state index in [0.29, 0.717) is 10.9 Å². The van der Waals surface area contributed by atoms with Crippen LogP contribution in [0.1, 0.15) is 5.69 Å². The summed E-state index contributed by atoms with van der Waals surface area (Å²) in [5, 5.41) is 14.2. The molecule has 0 fully saturated rings. The van der Waals surface area contributed by atoms with Crippen LogP contribution in [0.25, 0.3) is 11.4 Å². The van der Waals surface area contributed by atoms with E-state index in [1.165, 1.54) is 0 Å². The smallest absolute Gasteiger partial charge is 0.209 e. The van der Waals surface area contributed by atoms with Gasteiger partial charge in [0, 0.05) is 22.4 Å². The Bertz CT molecular complexity index is 998. The molecular weight excluding hydrogens is 378 g/mol. The number of aromatic amines is 1. The Morgan fingerprint density at radius 3 is 2.67 bits per heavy atom. The predicted molar refractivity (Wildman–Crippen MR) is 110 cm³/mol. The van der Waals surface area contributed by atoms with Gasteiger partial charge in [-0.15, -0.1) is 16.4 Å². The minimum absolute atomic E-state index is 0.714. The van der Waals surface area contributed by atoms with Crippen LogP contribution in [-0.2, 0) is 5.75 Å². The van der Waals surface area contributed by atoms with Crippen molar-refractivity contribution in [1.29, 1.82) is 0 Å². The Kier molecular flexibility index (Phi) is 5.36. The number of rotatable bonds is 7. The molecule has 136 valence electrons. The van der Waals surface area contributed by atoms with Crippen molar-refractivity contribution in [3.8, 4) is 17.1 Å². The SMILES string of the molecule is COc1ccc(Nc2nc(CSc3n[nH]c(-c4ccccc4)n3)cs2)cc1. The molecule has 0 saturated heterocycles. The zero-order valence-electron chi connectivity index (χ0n) is 14.5. The molecule has 27 heavy (non-hydrogen) atoms. The van der Waals surface area contributed by atoms with Gasteiger partial charge >= 0.3 is 0 Å². The third-order valence-electron chi connectivity index (χ3n) is 3.75. The fourth-order valence-corrected chi connectivity index (χ4v) is 3.93. The summed E-state index contributed by atoms with van der Waals surface area (Å²) in [5.74, 6) is 2.32. The van der Waals surface area contributed by atoms with Crippen LogP contribution in [0.15, 0.2) is 65.1 Å². The molecule has 0 bridgehead atoms. The Balaban J connectivity index is 1.35. The molecule has 0 saturated carbocycles. The molecule has 0 unspecified atom stereocenters. The van der Waals surface area contributed by atoms with Gasteiger partial charge in [0.15, 0.2) is 11.0 Å². The van der Waals surface area contributed by atoms with Crippen LogP contribution >= 0.6 is 23.1 Å². The summed E-state index contributed by atoms with van der Waals surface area (Å²) in [7, 11) is 1.66. The second-order valence-corrected chi connectivity index (χ2v) is 7.42. The number of aromatic nitrogens is 4. The number of hydrogen-bond acceptors (Lipinski definition) is 7. The normalized spacial score (nSPS) is 10.7. The number of thioether (sulfide) groups is 1. The number of hydrogen-bond donors (Lipinski definition) is 2. The highest BCUT2D eigenvalue weighted by Gasteiger charge is 2.08. The zero-order chi connectivity index (χ0) is 18.5. The first kappa shape index (κ1) is 17.6. The fourth-order valence-electron chi connectivity index (χ4n) is 2.40. The third kappa shape index (κ3) is 4.47. The summed E-state index contributed by atoms with van der Waals surface area (Å²) in [6, 6.07) is 17.7. The number of methoxy groups -OCH3 is 1. The van der Waals surface area contributed by atoms with Gasteiger partial charge in [-0.2, -0.15) is 0 Å². The predicted octanol–water partition coefficient (Wildman–Crippen LogP) is 4.97. The average Bonchev–Trinajstić information content (AvgIpc) is 3.37. The largest absolute Gasteiger partial charge is 0.497 e. The minimum atomic E-state index is 0.714. The Morgan fingerprint density at radius 1 is 1.07 bits per heavy atom. The molecule has 2 aromatic carbocycles. The van der Waals surface area contributed by atoms with Gasteiger partial charge in [0.05, 0.1) is 12.8 Å². The topological polar surface area (TPSA) is 75.7 Å². The van der Waals surface area contributed by atoms with Crippen LogP contribution in [0, 0.1) is 0 Å². The van der Waals surface area contributed by atoms with E-state index in [1.807, 2.05) is 60.0 Å². The second kappa shape index (κ2) is 8.24. The van der Waals surface area contributed by atoms with Crippen molar-refractivity contribution in [3.63, 3.8) is 0 Å². The van der Waals surface area contributed by atoms with E-state index in [0.717, 1.165) is 33.7 Å².